The normalized spacial score (nSPS) is 10.6. The molecule has 2 aromatic carbocycles. The van der Waals surface area contributed by atoms with Gasteiger partial charge in [-0.05, 0) is 48.4 Å². The number of carbonyl (C=O) groups is 1. The highest BCUT2D eigenvalue weighted by atomic mass is 35.5. The molecule has 7 heteroatoms. The van der Waals surface area contributed by atoms with Crippen molar-refractivity contribution in [2.45, 2.75) is 13.5 Å². The number of nitrogens with one attached hydrogen (secondary N) is 1. The van der Waals surface area contributed by atoms with Gasteiger partial charge in [0.15, 0.2) is 0 Å². The van der Waals surface area contributed by atoms with Crippen molar-refractivity contribution < 1.29 is 9.18 Å². The van der Waals surface area contributed by atoms with E-state index in [0.717, 1.165) is 10.2 Å². The third-order valence-electron chi connectivity index (χ3n) is 3.84. The van der Waals surface area contributed by atoms with E-state index in [4.69, 9.17) is 11.6 Å². The molecule has 1 amide bonds. The summed E-state index contributed by atoms with van der Waals surface area (Å²) in [6.45, 7) is 1.85. The Morgan fingerprint density at radius 3 is 2.73 bits per heavy atom. The Morgan fingerprint density at radius 2 is 1.96 bits per heavy atom. The first-order valence-corrected chi connectivity index (χ1v) is 8.21. The number of halogens is 2. The van der Waals surface area contributed by atoms with Crippen LogP contribution in [-0.2, 0) is 6.54 Å². The predicted octanol–water partition coefficient (Wildman–Crippen LogP) is 3.64. The van der Waals surface area contributed by atoms with Gasteiger partial charge in [0.25, 0.3) is 11.5 Å². The van der Waals surface area contributed by atoms with Crippen LogP contribution in [0.5, 0.6) is 0 Å². The van der Waals surface area contributed by atoms with E-state index < -0.39 is 11.7 Å². The van der Waals surface area contributed by atoms with Crippen LogP contribution in [0.25, 0.3) is 0 Å². The first kappa shape index (κ1) is 17.8. The van der Waals surface area contributed by atoms with Crippen LogP contribution in [-0.4, -0.2) is 15.7 Å². The van der Waals surface area contributed by atoms with E-state index in [9.17, 15) is 14.0 Å². The van der Waals surface area contributed by atoms with Crippen LogP contribution in [0.4, 0.5) is 10.1 Å². The maximum atomic E-state index is 13.3. The molecule has 0 unspecified atom stereocenters. The molecule has 0 saturated heterocycles. The first-order valence-electron chi connectivity index (χ1n) is 7.83. The zero-order valence-corrected chi connectivity index (χ0v) is 14.6. The molecular weight excluding hydrogens is 357 g/mol. The molecule has 1 N–H and O–H groups in total. The summed E-state index contributed by atoms with van der Waals surface area (Å²) < 4.78 is 14.4. The van der Waals surface area contributed by atoms with Gasteiger partial charge in [0, 0.05) is 16.8 Å². The number of anilines is 1. The average molecular weight is 372 g/mol. The lowest BCUT2D eigenvalue weighted by Crippen LogP contribution is -2.26. The van der Waals surface area contributed by atoms with E-state index in [-0.39, 0.29) is 17.8 Å². The van der Waals surface area contributed by atoms with Crippen LogP contribution in [0.1, 0.15) is 21.6 Å². The molecule has 0 aliphatic heterocycles. The molecule has 1 heterocycles. The van der Waals surface area contributed by atoms with Gasteiger partial charge in [0.2, 0.25) is 0 Å². The third-order valence-corrected chi connectivity index (χ3v) is 4.25. The molecular formula is C19H15ClFN3O2. The molecule has 0 bridgehead atoms. The van der Waals surface area contributed by atoms with Crippen molar-refractivity contribution in [3.05, 3.63) is 92.6 Å². The summed E-state index contributed by atoms with van der Waals surface area (Å²) in [5, 5.41) is 7.34. The molecule has 26 heavy (non-hydrogen) atoms. The molecule has 0 aliphatic carbocycles. The highest BCUT2D eigenvalue weighted by molar-refractivity contribution is 6.31. The van der Waals surface area contributed by atoms with Gasteiger partial charge >= 0.3 is 0 Å². The first-order chi connectivity index (χ1) is 12.4. The second kappa shape index (κ2) is 7.49. The minimum absolute atomic E-state index is 0.0634. The quantitative estimate of drug-likeness (QED) is 0.761. The van der Waals surface area contributed by atoms with Gasteiger partial charge in [-0.25, -0.2) is 9.07 Å². The Morgan fingerprint density at radius 1 is 1.19 bits per heavy atom. The smallest absolute Gasteiger partial charge is 0.276 e. The highest BCUT2D eigenvalue weighted by Gasteiger charge is 2.12. The Hall–Kier alpha value is -2.99. The zero-order chi connectivity index (χ0) is 18.7. The summed E-state index contributed by atoms with van der Waals surface area (Å²) in [5.74, 6) is -0.871. The van der Waals surface area contributed by atoms with Gasteiger partial charge in [-0.1, -0.05) is 29.8 Å². The summed E-state index contributed by atoms with van der Waals surface area (Å²) in [4.78, 5) is 24.5. The SMILES string of the molecule is Cc1c(Cl)cccc1NC(=O)c1ccc(=O)n(Cc2cccc(F)c2)n1. The molecule has 0 atom stereocenters. The number of aromatic nitrogens is 2. The van der Waals surface area contributed by atoms with Crippen LogP contribution in [0.2, 0.25) is 5.02 Å². The van der Waals surface area contributed by atoms with E-state index >= 15 is 0 Å². The largest absolute Gasteiger partial charge is 0.320 e. The van der Waals surface area contributed by atoms with E-state index in [1.807, 2.05) is 0 Å². The number of hydrogen-bond acceptors (Lipinski definition) is 3. The van der Waals surface area contributed by atoms with Gasteiger partial charge in [0.05, 0.1) is 6.54 Å². The molecule has 1 aromatic heterocycles. The number of nitrogens with zero attached hydrogens (tertiary/aromatic N) is 2. The zero-order valence-electron chi connectivity index (χ0n) is 13.9. The molecule has 5 nitrogen and oxygen atoms in total. The summed E-state index contributed by atoms with van der Waals surface area (Å²) in [6, 6.07) is 13.6. The van der Waals surface area contributed by atoms with E-state index in [0.29, 0.717) is 16.3 Å². The van der Waals surface area contributed by atoms with Gasteiger partial charge in [-0.2, -0.15) is 5.10 Å². The van der Waals surface area contributed by atoms with Crippen molar-refractivity contribution in [3.8, 4) is 0 Å². The molecule has 3 rings (SSSR count). The van der Waals surface area contributed by atoms with Crippen molar-refractivity contribution in [1.29, 1.82) is 0 Å². The topological polar surface area (TPSA) is 64.0 Å². The second-order valence-corrected chi connectivity index (χ2v) is 6.12. The van der Waals surface area contributed by atoms with Crippen molar-refractivity contribution >= 4 is 23.2 Å². The van der Waals surface area contributed by atoms with Gasteiger partial charge in [0.1, 0.15) is 11.5 Å². The van der Waals surface area contributed by atoms with E-state index in [1.165, 1.54) is 24.3 Å². The molecule has 0 saturated carbocycles. The molecule has 3 aromatic rings. The van der Waals surface area contributed by atoms with Crippen molar-refractivity contribution in [2.24, 2.45) is 0 Å². The fraction of sp³-hybridized carbons (Fsp3) is 0.105. The predicted molar refractivity (Wildman–Crippen MR) is 98.1 cm³/mol. The van der Waals surface area contributed by atoms with Crippen molar-refractivity contribution in [3.63, 3.8) is 0 Å². The summed E-state index contributed by atoms with van der Waals surface area (Å²) in [6.07, 6.45) is 0. The van der Waals surface area contributed by atoms with Crippen LogP contribution in [0.15, 0.2) is 59.4 Å². The molecule has 132 valence electrons. The number of carbonyl (C=O) groups excluding carboxylic acids is 1. The van der Waals surface area contributed by atoms with E-state index in [2.05, 4.69) is 10.4 Å². The lowest BCUT2D eigenvalue weighted by molar-refractivity contribution is 0.102. The minimum atomic E-state index is -0.469. The maximum absolute atomic E-state index is 13.3. The second-order valence-electron chi connectivity index (χ2n) is 5.71. The fourth-order valence-electron chi connectivity index (χ4n) is 2.42. The minimum Gasteiger partial charge on any atom is -0.320 e. The Bertz CT molecular complexity index is 1030. The third kappa shape index (κ3) is 3.97. The highest BCUT2D eigenvalue weighted by Crippen LogP contribution is 2.23. The molecule has 0 spiro atoms. The lowest BCUT2D eigenvalue weighted by Gasteiger charge is -2.10. The number of hydrogen-bond donors (Lipinski definition) is 1. The van der Waals surface area contributed by atoms with Crippen LogP contribution >= 0.6 is 11.6 Å². The van der Waals surface area contributed by atoms with Crippen molar-refractivity contribution in [2.75, 3.05) is 5.32 Å². The monoisotopic (exact) mass is 371 g/mol. The Labute approximate surface area is 154 Å². The number of benzene rings is 2. The lowest BCUT2D eigenvalue weighted by atomic mass is 10.2. The standard InChI is InChI=1S/C19H15ClFN3O2/c1-12-15(20)6-3-7-16(12)22-19(26)17-8-9-18(25)24(23-17)11-13-4-2-5-14(21)10-13/h2-10H,11H2,1H3,(H,22,26). The number of amides is 1. The van der Waals surface area contributed by atoms with Gasteiger partial charge in [-0.15, -0.1) is 0 Å². The molecule has 0 aliphatic rings. The van der Waals surface area contributed by atoms with E-state index in [1.54, 1.807) is 37.3 Å². The van der Waals surface area contributed by atoms with Crippen LogP contribution in [0, 0.1) is 12.7 Å². The van der Waals surface area contributed by atoms with Crippen molar-refractivity contribution in [1.82, 2.24) is 9.78 Å². The Balaban J connectivity index is 1.85. The number of rotatable bonds is 4. The summed E-state index contributed by atoms with van der Waals surface area (Å²) in [7, 11) is 0. The maximum Gasteiger partial charge on any atom is 0.276 e. The molecule has 0 fully saturated rings. The Kier molecular flexibility index (Phi) is 5.14. The summed E-state index contributed by atoms with van der Waals surface area (Å²) >= 11 is 6.05. The molecule has 0 radical (unpaired) electrons. The van der Waals surface area contributed by atoms with Gasteiger partial charge < -0.3 is 5.32 Å². The van der Waals surface area contributed by atoms with Crippen LogP contribution < -0.4 is 10.9 Å². The summed E-state index contributed by atoms with van der Waals surface area (Å²) in [5.41, 5.74) is 1.55. The van der Waals surface area contributed by atoms with Gasteiger partial charge in [-0.3, -0.25) is 9.59 Å². The van der Waals surface area contributed by atoms with Crippen LogP contribution in [0.3, 0.4) is 0 Å². The average Bonchev–Trinajstić information content (AvgIpc) is 2.61. The fourth-order valence-corrected chi connectivity index (χ4v) is 2.60.